The Balaban J connectivity index is 1.74. The van der Waals surface area contributed by atoms with E-state index in [2.05, 4.69) is 10.4 Å². The van der Waals surface area contributed by atoms with Crippen molar-refractivity contribution in [3.8, 4) is 28.5 Å². The highest BCUT2D eigenvalue weighted by molar-refractivity contribution is 5.77. The molecule has 0 radical (unpaired) electrons. The van der Waals surface area contributed by atoms with Gasteiger partial charge in [0, 0.05) is 42.4 Å². The summed E-state index contributed by atoms with van der Waals surface area (Å²) < 4.78 is 19.6. The largest absolute Gasteiger partial charge is 0.493 e. The Labute approximate surface area is 185 Å². The number of rotatable bonds is 8. The molecule has 1 saturated carbocycles. The predicted octanol–water partition coefficient (Wildman–Crippen LogP) is 2.25. The molecule has 32 heavy (non-hydrogen) atoms. The second-order valence-corrected chi connectivity index (χ2v) is 7.98. The Bertz CT molecular complexity index is 1210. The first-order valence-electron chi connectivity index (χ1n) is 10.6. The Morgan fingerprint density at radius 1 is 1.12 bits per heavy atom. The van der Waals surface area contributed by atoms with Gasteiger partial charge >= 0.3 is 0 Å². The van der Waals surface area contributed by atoms with Gasteiger partial charge in [0.15, 0.2) is 11.5 Å². The summed E-state index contributed by atoms with van der Waals surface area (Å²) in [5.74, 6) is 1.47. The van der Waals surface area contributed by atoms with Crippen LogP contribution in [0, 0.1) is 6.92 Å². The van der Waals surface area contributed by atoms with Gasteiger partial charge in [0.05, 0.1) is 27.0 Å². The van der Waals surface area contributed by atoms with Crippen LogP contribution in [0.25, 0.3) is 16.9 Å². The van der Waals surface area contributed by atoms with E-state index in [0.29, 0.717) is 46.6 Å². The van der Waals surface area contributed by atoms with Crippen LogP contribution in [-0.4, -0.2) is 47.5 Å². The molecule has 1 fully saturated rings. The lowest BCUT2D eigenvalue weighted by Gasteiger charge is -2.13. The molecule has 2 aromatic heterocycles. The van der Waals surface area contributed by atoms with E-state index in [1.165, 1.54) is 4.52 Å². The van der Waals surface area contributed by atoms with Crippen LogP contribution in [0.3, 0.4) is 0 Å². The summed E-state index contributed by atoms with van der Waals surface area (Å²) in [4.78, 5) is 25.3. The molecule has 1 aromatic carbocycles. The zero-order valence-electron chi connectivity index (χ0n) is 19.0. The van der Waals surface area contributed by atoms with Crippen LogP contribution in [-0.2, 0) is 18.3 Å². The van der Waals surface area contributed by atoms with Gasteiger partial charge in [0.1, 0.15) is 5.65 Å². The molecule has 0 saturated heterocycles. The molecular weight excluding hydrogens is 412 g/mol. The quantitative estimate of drug-likeness (QED) is 0.577. The van der Waals surface area contributed by atoms with Crippen molar-refractivity contribution in [3.05, 3.63) is 39.8 Å². The summed E-state index contributed by atoms with van der Waals surface area (Å²) in [5, 5.41) is 7.53. The molecular formula is C23H28N4O5. The molecule has 0 bridgehead atoms. The normalized spacial score (nSPS) is 13.3. The minimum Gasteiger partial charge on any atom is -0.493 e. The highest BCUT2D eigenvalue weighted by atomic mass is 16.5. The van der Waals surface area contributed by atoms with E-state index >= 15 is 0 Å². The lowest BCUT2D eigenvalue weighted by Crippen LogP contribution is -2.29. The Morgan fingerprint density at radius 3 is 2.34 bits per heavy atom. The average Bonchev–Trinajstić information content (AvgIpc) is 3.49. The second kappa shape index (κ2) is 8.57. The Hall–Kier alpha value is -3.49. The number of nitrogens with zero attached hydrogens (tertiary/aromatic N) is 3. The average molecular weight is 441 g/mol. The maximum absolute atomic E-state index is 13.2. The van der Waals surface area contributed by atoms with Crippen LogP contribution >= 0.6 is 0 Å². The number of aryl methyl sites for hydroxylation is 1. The first-order chi connectivity index (χ1) is 15.4. The Kier molecular flexibility index (Phi) is 5.82. The highest BCUT2D eigenvalue weighted by Gasteiger charge is 2.24. The number of hydrogen-bond acceptors (Lipinski definition) is 6. The van der Waals surface area contributed by atoms with Gasteiger partial charge in [-0.1, -0.05) is 0 Å². The maximum Gasteiger partial charge on any atom is 0.277 e. The number of ether oxygens (including phenoxy) is 3. The van der Waals surface area contributed by atoms with Crippen molar-refractivity contribution in [2.24, 2.45) is 7.05 Å². The van der Waals surface area contributed by atoms with Gasteiger partial charge in [-0.15, -0.1) is 0 Å². The van der Waals surface area contributed by atoms with Crippen molar-refractivity contribution < 1.29 is 19.0 Å². The van der Waals surface area contributed by atoms with E-state index in [0.717, 1.165) is 24.1 Å². The third-order valence-electron chi connectivity index (χ3n) is 5.93. The van der Waals surface area contributed by atoms with Crippen LogP contribution in [0.5, 0.6) is 17.2 Å². The molecule has 3 aromatic rings. The molecule has 170 valence electrons. The fraction of sp³-hybridized carbons (Fsp3) is 0.435. The van der Waals surface area contributed by atoms with Crippen LogP contribution in [0.1, 0.15) is 30.5 Å². The van der Waals surface area contributed by atoms with Crippen LogP contribution in [0.15, 0.2) is 23.0 Å². The van der Waals surface area contributed by atoms with Gasteiger partial charge in [-0.25, -0.2) is 0 Å². The van der Waals surface area contributed by atoms with Crippen LogP contribution in [0.4, 0.5) is 0 Å². The summed E-state index contributed by atoms with van der Waals surface area (Å²) in [5.41, 5.74) is 3.17. The number of hydrogen-bond donors (Lipinski definition) is 1. The van der Waals surface area contributed by atoms with Gasteiger partial charge < -0.3 is 24.1 Å². The molecule has 1 amide bonds. The molecule has 9 nitrogen and oxygen atoms in total. The van der Waals surface area contributed by atoms with Crippen molar-refractivity contribution in [1.29, 1.82) is 0 Å². The maximum atomic E-state index is 13.2. The molecule has 1 aliphatic rings. The number of methoxy groups -OCH3 is 3. The minimum atomic E-state index is -0.214. The predicted molar refractivity (Wildman–Crippen MR) is 120 cm³/mol. The van der Waals surface area contributed by atoms with Gasteiger partial charge in [0.25, 0.3) is 5.56 Å². The van der Waals surface area contributed by atoms with E-state index < -0.39 is 0 Å². The molecule has 0 atom stereocenters. The Morgan fingerprint density at radius 2 is 1.78 bits per heavy atom. The van der Waals surface area contributed by atoms with Gasteiger partial charge in [0.2, 0.25) is 11.7 Å². The molecule has 1 N–H and O–H groups in total. The summed E-state index contributed by atoms with van der Waals surface area (Å²) >= 11 is 0. The summed E-state index contributed by atoms with van der Waals surface area (Å²) in [6.45, 7) is 1.89. The molecule has 0 aliphatic heterocycles. The minimum absolute atomic E-state index is 0.0207. The third kappa shape index (κ3) is 3.90. The molecule has 9 heteroatoms. The summed E-state index contributed by atoms with van der Waals surface area (Å²) in [7, 11) is 6.54. The molecule has 0 spiro atoms. The summed E-state index contributed by atoms with van der Waals surface area (Å²) in [6.07, 6.45) is 2.72. The van der Waals surface area contributed by atoms with Crippen molar-refractivity contribution in [1.82, 2.24) is 19.5 Å². The van der Waals surface area contributed by atoms with E-state index in [-0.39, 0.29) is 17.9 Å². The van der Waals surface area contributed by atoms with Crippen molar-refractivity contribution in [2.75, 3.05) is 21.3 Å². The van der Waals surface area contributed by atoms with Crippen molar-refractivity contribution in [2.45, 2.75) is 38.6 Å². The molecule has 2 heterocycles. The first kappa shape index (κ1) is 21.7. The smallest absolute Gasteiger partial charge is 0.277 e. The standard InChI is InChI=1S/C23H28N4O5/c1-13-16(8-9-20(28)24-15-6-7-15)23(29)27-21(26(13)2)12-17(25-27)14-10-18(30-3)22(32-5)19(11-14)31-4/h10-12,15H,6-9H2,1-5H3,(H,24,28). The lowest BCUT2D eigenvalue weighted by molar-refractivity contribution is -0.121. The van der Waals surface area contributed by atoms with Crippen LogP contribution in [0.2, 0.25) is 0 Å². The topological polar surface area (TPSA) is 96.1 Å². The van der Waals surface area contributed by atoms with E-state index in [9.17, 15) is 9.59 Å². The van der Waals surface area contributed by atoms with E-state index in [1.807, 2.05) is 24.6 Å². The number of carbonyl (C=O) groups excluding carboxylic acids is 1. The molecule has 4 rings (SSSR count). The monoisotopic (exact) mass is 440 g/mol. The van der Waals surface area contributed by atoms with E-state index in [4.69, 9.17) is 14.2 Å². The lowest BCUT2D eigenvalue weighted by atomic mass is 10.1. The number of carbonyl (C=O) groups is 1. The van der Waals surface area contributed by atoms with Gasteiger partial charge in [-0.3, -0.25) is 9.59 Å². The zero-order chi connectivity index (χ0) is 23.0. The summed E-state index contributed by atoms with van der Waals surface area (Å²) in [6, 6.07) is 5.74. The SMILES string of the molecule is COc1cc(-c2cc3n(C)c(C)c(CCC(=O)NC4CC4)c(=O)n3n2)cc(OC)c1OC. The number of fused-ring (bicyclic) bond motifs is 1. The highest BCUT2D eigenvalue weighted by Crippen LogP contribution is 2.41. The fourth-order valence-electron chi connectivity index (χ4n) is 3.84. The van der Waals surface area contributed by atoms with Crippen molar-refractivity contribution in [3.63, 3.8) is 0 Å². The zero-order valence-corrected chi connectivity index (χ0v) is 19.0. The molecule has 1 aliphatic carbocycles. The van der Waals surface area contributed by atoms with Crippen LogP contribution < -0.4 is 25.1 Å². The van der Waals surface area contributed by atoms with Gasteiger partial charge in [-0.2, -0.15) is 9.61 Å². The fourth-order valence-corrected chi connectivity index (χ4v) is 3.84. The first-order valence-corrected chi connectivity index (χ1v) is 10.6. The number of amides is 1. The van der Waals surface area contributed by atoms with Crippen molar-refractivity contribution >= 4 is 11.6 Å². The van der Waals surface area contributed by atoms with E-state index in [1.54, 1.807) is 33.5 Å². The van der Waals surface area contributed by atoms with Gasteiger partial charge in [-0.05, 0) is 38.3 Å². The second-order valence-electron chi connectivity index (χ2n) is 7.98. The number of benzene rings is 1. The number of aromatic nitrogens is 3. The molecule has 0 unspecified atom stereocenters. The third-order valence-corrected chi connectivity index (χ3v) is 5.93. The number of nitrogens with one attached hydrogen (secondary N) is 1.